The molecule has 8 heteroatoms. The SMILES string of the molecule is COCc1cc(CS(=O)(=O)CC2CCCCC2C(=O)OC)on1. The highest BCUT2D eigenvalue weighted by Gasteiger charge is 2.35. The fourth-order valence-corrected chi connectivity index (χ4v) is 4.85. The van der Waals surface area contributed by atoms with E-state index in [1.807, 2.05) is 0 Å². The van der Waals surface area contributed by atoms with Gasteiger partial charge in [0, 0.05) is 13.2 Å². The standard InChI is InChI=1S/C15H23NO6S/c1-20-8-12-7-13(22-16-12)10-23(18,19)9-11-5-3-4-6-14(11)15(17)21-2/h7,11,14H,3-6,8-10H2,1-2H3. The normalized spacial score (nSPS) is 22.0. The molecule has 130 valence electrons. The highest BCUT2D eigenvalue weighted by molar-refractivity contribution is 7.90. The van der Waals surface area contributed by atoms with E-state index in [1.54, 1.807) is 6.07 Å². The number of hydrogen-bond acceptors (Lipinski definition) is 7. The van der Waals surface area contributed by atoms with Gasteiger partial charge in [-0.25, -0.2) is 8.42 Å². The molecule has 0 spiro atoms. The number of nitrogens with zero attached hydrogens (tertiary/aromatic N) is 1. The van der Waals surface area contributed by atoms with Crippen LogP contribution in [0.25, 0.3) is 0 Å². The van der Waals surface area contributed by atoms with Gasteiger partial charge in [0.1, 0.15) is 11.4 Å². The molecule has 2 rings (SSSR count). The zero-order valence-electron chi connectivity index (χ0n) is 13.5. The second-order valence-electron chi connectivity index (χ2n) is 5.95. The molecule has 7 nitrogen and oxygen atoms in total. The van der Waals surface area contributed by atoms with E-state index in [1.165, 1.54) is 14.2 Å². The van der Waals surface area contributed by atoms with Crippen molar-refractivity contribution in [3.63, 3.8) is 0 Å². The van der Waals surface area contributed by atoms with Crippen LogP contribution in [0.2, 0.25) is 0 Å². The summed E-state index contributed by atoms with van der Waals surface area (Å²) in [6.07, 6.45) is 3.28. The summed E-state index contributed by atoms with van der Waals surface area (Å²) in [4.78, 5) is 11.8. The summed E-state index contributed by atoms with van der Waals surface area (Å²) in [5.41, 5.74) is 0.558. The number of carbonyl (C=O) groups is 1. The van der Waals surface area contributed by atoms with Crippen molar-refractivity contribution < 1.29 is 27.2 Å². The predicted molar refractivity (Wildman–Crippen MR) is 82.2 cm³/mol. The van der Waals surface area contributed by atoms with Crippen LogP contribution in [0.4, 0.5) is 0 Å². The minimum absolute atomic E-state index is 0.0346. The maximum atomic E-state index is 12.4. The molecule has 2 unspecified atom stereocenters. The number of esters is 1. The Balaban J connectivity index is 2.02. The van der Waals surface area contributed by atoms with Crippen LogP contribution in [0.1, 0.15) is 37.1 Å². The Morgan fingerprint density at radius 3 is 2.78 bits per heavy atom. The van der Waals surface area contributed by atoms with Gasteiger partial charge in [-0.15, -0.1) is 0 Å². The first-order chi connectivity index (χ1) is 10.9. The molecule has 0 aromatic carbocycles. The minimum atomic E-state index is -3.39. The first kappa shape index (κ1) is 17.9. The van der Waals surface area contributed by atoms with E-state index < -0.39 is 9.84 Å². The summed E-state index contributed by atoms with van der Waals surface area (Å²) < 4.78 is 39.6. The van der Waals surface area contributed by atoms with Crippen molar-refractivity contribution in [1.29, 1.82) is 0 Å². The van der Waals surface area contributed by atoms with E-state index in [0.717, 1.165) is 19.3 Å². The number of ether oxygens (including phenoxy) is 2. The zero-order valence-corrected chi connectivity index (χ0v) is 14.3. The van der Waals surface area contributed by atoms with Gasteiger partial charge in [-0.3, -0.25) is 4.79 Å². The third kappa shape index (κ3) is 5.04. The number of carbonyl (C=O) groups excluding carboxylic acids is 1. The van der Waals surface area contributed by atoms with Gasteiger partial charge in [-0.1, -0.05) is 18.0 Å². The molecule has 0 saturated heterocycles. The summed E-state index contributed by atoms with van der Waals surface area (Å²) in [6, 6.07) is 1.58. The Hall–Kier alpha value is -1.41. The van der Waals surface area contributed by atoms with E-state index in [9.17, 15) is 13.2 Å². The lowest BCUT2D eigenvalue weighted by molar-refractivity contribution is -0.148. The molecular weight excluding hydrogens is 322 g/mol. The molecule has 0 radical (unpaired) electrons. The molecular formula is C15H23NO6S. The molecule has 1 saturated carbocycles. The average Bonchev–Trinajstić information content (AvgIpc) is 2.93. The lowest BCUT2D eigenvalue weighted by Crippen LogP contribution is -2.33. The average molecular weight is 345 g/mol. The highest BCUT2D eigenvalue weighted by atomic mass is 32.2. The summed E-state index contributed by atoms with van der Waals surface area (Å²) in [5.74, 6) is -0.791. The van der Waals surface area contributed by atoms with E-state index >= 15 is 0 Å². The monoisotopic (exact) mass is 345 g/mol. The summed E-state index contributed by atoms with van der Waals surface area (Å²) in [7, 11) is -0.522. The Morgan fingerprint density at radius 1 is 1.35 bits per heavy atom. The fourth-order valence-electron chi connectivity index (χ4n) is 3.11. The van der Waals surface area contributed by atoms with Gasteiger partial charge in [-0.2, -0.15) is 0 Å². The van der Waals surface area contributed by atoms with Gasteiger partial charge in [0.15, 0.2) is 15.6 Å². The number of rotatable bonds is 7. The molecule has 0 aliphatic heterocycles. The molecule has 0 bridgehead atoms. The van der Waals surface area contributed by atoms with Crippen molar-refractivity contribution in [2.24, 2.45) is 11.8 Å². The Bertz CT molecular complexity index is 624. The molecule has 1 aliphatic rings. The summed E-state index contributed by atoms with van der Waals surface area (Å²) >= 11 is 0. The molecule has 1 fully saturated rings. The molecule has 1 heterocycles. The topological polar surface area (TPSA) is 95.7 Å². The van der Waals surface area contributed by atoms with Crippen LogP contribution in [0, 0.1) is 11.8 Å². The zero-order chi connectivity index (χ0) is 16.9. The minimum Gasteiger partial charge on any atom is -0.469 e. The molecule has 0 N–H and O–H groups in total. The maximum Gasteiger partial charge on any atom is 0.308 e. The molecule has 1 aromatic rings. The highest BCUT2D eigenvalue weighted by Crippen LogP contribution is 2.32. The fraction of sp³-hybridized carbons (Fsp3) is 0.733. The number of methoxy groups -OCH3 is 2. The molecule has 2 atom stereocenters. The number of sulfone groups is 1. The van der Waals surface area contributed by atoms with Crippen molar-refractivity contribution >= 4 is 15.8 Å². The van der Waals surface area contributed by atoms with Crippen molar-refractivity contribution in [3.8, 4) is 0 Å². The number of aromatic nitrogens is 1. The van der Waals surface area contributed by atoms with Gasteiger partial charge >= 0.3 is 5.97 Å². The Labute approximate surface area is 136 Å². The lowest BCUT2D eigenvalue weighted by atomic mass is 9.80. The quantitative estimate of drug-likeness (QED) is 0.694. The van der Waals surface area contributed by atoms with Gasteiger partial charge in [0.25, 0.3) is 0 Å². The van der Waals surface area contributed by atoms with Crippen molar-refractivity contribution in [2.45, 2.75) is 38.0 Å². The van der Waals surface area contributed by atoms with Crippen molar-refractivity contribution in [2.75, 3.05) is 20.0 Å². The Morgan fingerprint density at radius 2 is 2.09 bits per heavy atom. The summed E-state index contributed by atoms with van der Waals surface area (Å²) in [5, 5.41) is 3.75. The lowest BCUT2D eigenvalue weighted by Gasteiger charge is -2.29. The smallest absolute Gasteiger partial charge is 0.308 e. The van der Waals surface area contributed by atoms with E-state index in [0.29, 0.717) is 17.9 Å². The molecule has 1 aliphatic carbocycles. The van der Waals surface area contributed by atoms with Gasteiger partial charge in [0.2, 0.25) is 0 Å². The number of hydrogen-bond donors (Lipinski definition) is 0. The van der Waals surface area contributed by atoms with Crippen LogP contribution < -0.4 is 0 Å². The van der Waals surface area contributed by atoms with Crippen molar-refractivity contribution in [3.05, 3.63) is 17.5 Å². The van der Waals surface area contributed by atoms with Gasteiger partial charge < -0.3 is 14.0 Å². The van der Waals surface area contributed by atoms with Crippen LogP contribution in [-0.4, -0.2) is 39.5 Å². The second kappa shape index (κ2) is 7.92. The molecule has 0 amide bonds. The van der Waals surface area contributed by atoms with Crippen LogP contribution in [-0.2, 0) is 36.5 Å². The van der Waals surface area contributed by atoms with E-state index in [4.69, 9.17) is 14.0 Å². The predicted octanol–water partition coefficient (Wildman–Crippen LogP) is 1.72. The van der Waals surface area contributed by atoms with Crippen LogP contribution >= 0.6 is 0 Å². The van der Waals surface area contributed by atoms with E-state index in [-0.39, 0.29) is 35.9 Å². The van der Waals surface area contributed by atoms with Gasteiger partial charge in [0.05, 0.1) is 25.4 Å². The second-order valence-corrected chi connectivity index (χ2v) is 8.06. The largest absolute Gasteiger partial charge is 0.469 e. The Kier molecular flexibility index (Phi) is 6.17. The van der Waals surface area contributed by atoms with Crippen LogP contribution in [0.15, 0.2) is 10.6 Å². The van der Waals surface area contributed by atoms with Crippen LogP contribution in [0.5, 0.6) is 0 Å². The first-order valence-electron chi connectivity index (χ1n) is 7.67. The summed E-state index contributed by atoms with van der Waals surface area (Å²) in [6.45, 7) is 0.274. The van der Waals surface area contributed by atoms with E-state index in [2.05, 4.69) is 5.16 Å². The first-order valence-corrected chi connectivity index (χ1v) is 9.49. The van der Waals surface area contributed by atoms with Gasteiger partial charge in [-0.05, 0) is 18.8 Å². The molecule has 23 heavy (non-hydrogen) atoms. The third-order valence-electron chi connectivity index (χ3n) is 4.14. The third-order valence-corrected chi connectivity index (χ3v) is 5.80. The van der Waals surface area contributed by atoms with Crippen molar-refractivity contribution in [1.82, 2.24) is 5.16 Å². The maximum absolute atomic E-state index is 12.4. The molecule has 1 aromatic heterocycles. The van der Waals surface area contributed by atoms with Crippen LogP contribution in [0.3, 0.4) is 0 Å².